The van der Waals surface area contributed by atoms with E-state index in [2.05, 4.69) is 12.1 Å². The molecule has 0 unspecified atom stereocenters. The average molecular weight is 495 g/mol. The highest BCUT2D eigenvalue weighted by Crippen LogP contribution is 2.33. The zero-order valence-corrected chi connectivity index (χ0v) is 20.8. The van der Waals surface area contributed by atoms with E-state index in [0.717, 1.165) is 29.9 Å². The zero-order chi connectivity index (χ0) is 24.0. The van der Waals surface area contributed by atoms with Crippen molar-refractivity contribution in [2.75, 3.05) is 5.75 Å². The van der Waals surface area contributed by atoms with Crippen LogP contribution >= 0.6 is 11.8 Å². The molecule has 0 aliphatic heterocycles. The number of benzene rings is 3. The van der Waals surface area contributed by atoms with Crippen LogP contribution in [0.25, 0.3) is 0 Å². The number of hydrogen-bond donors (Lipinski definition) is 1. The highest BCUT2D eigenvalue weighted by Gasteiger charge is 2.22. The molecule has 0 atom stereocenters. The van der Waals surface area contributed by atoms with E-state index in [0.29, 0.717) is 11.5 Å². The number of aryl methyl sites for hydroxylation is 1. The molecule has 34 heavy (non-hydrogen) atoms. The first-order chi connectivity index (χ1) is 16.4. The van der Waals surface area contributed by atoms with Crippen LogP contribution in [0.4, 0.5) is 0 Å². The maximum absolute atomic E-state index is 13.1. The first kappa shape index (κ1) is 24.6. The number of hydrogen-bond acceptors (Lipinski definition) is 4. The summed E-state index contributed by atoms with van der Waals surface area (Å²) in [5.41, 5.74) is 2.79. The summed E-state index contributed by atoms with van der Waals surface area (Å²) < 4.78 is 26.2. The minimum absolute atomic E-state index is 0.0483. The highest BCUT2D eigenvalue weighted by atomic mass is 32.2. The normalized spacial score (nSPS) is 14.7. The van der Waals surface area contributed by atoms with E-state index in [1.165, 1.54) is 30.4 Å². The van der Waals surface area contributed by atoms with E-state index in [9.17, 15) is 18.3 Å². The summed E-state index contributed by atoms with van der Waals surface area (Å²) in [4.78, 5) is 13.0. The molecule has 3 aromatic carbocycles. The molecule has 1 N–H and O–H groups in total. The van der Waals surface area contributed by atoms with Gasteiger partial charge in [0.15, 0.2) is 9.84 Å². The van der Waals surface area contributed by atoms with Crippen LogP contribution in [-0.2, 0) is 22.0 Å². The summed E-state index contributed by atoms with van der Waals surface area (Å²) in [6.07, 6.45) is 6.92. The van der Waals surface area contributed by atoms with Crippen molar-refractivity contribution in [1.29, 1.82) is 0 Å². The van der Waals surface area contributed by atoms with Gasteiger partial charge in [0.05, 0.1) is 16.2 Å². The SMILES string of the molecule is O=C(O)c1cc(SCCc2ccccc2)ccc1CS(=O)(=O)c1ccc(C2CCCCC2)cc1. The van der Waals surface area contributed by atoms with Gasteiger partial charge in [0.1, 0.15) is 0 Å². The lowest BCUT2D eigenvalue weighted by Gasteiger charge is -2.22. The van der Waals surface area contributed by atoms with Crippen LogP contribution in [0.1, 0.15) is 65.1 Å². The monoisotopic (exact) mass is 494 g/mol. The summed E-state index contributed by atoms with van der Waals surface area (Å²) in [5.74, 6) is -0.111. The Labute approximate surface area is 206 Å². The van der Waals surface area contributed by atoms with Gasteiger partial charge in [-0.2, -0.15) is 0 Å². The smallest absolute Gasteiger partial charge is 0.336 e. The lowest BCUT2D eigenvalue weighted by Crippen LogP contribution is -2.10. The lowest BCUT2D eigenvalue weighted by atomic mass is 9.84. The third-order valence-corrected chi connectivity index (χ3v) is 9.15. The Morgan fingerprint density at radius 3 is 2.29 bits per heavy atom. The van der Waals surface area contributed by atoms with E-state index >= 15 is 0 Å². The molecule has 1 saturated carbocycles. The van der Waals surface area contributed by atoms with Gasteiger partial charge < -0.3 is 5.11 Å². The molecule has 178 valence electrons. The fourth-order valence-electron chi connectivity index (χ4n) is 4.57. The average Bonchev–Trinajstić information content (AvgIpc) is 2.86. The molecule has 1 aliphatic rings. The molecular weight excluding hydrogens is 464 g/mol. The third kappa shape index (κ3) is 6.30. The molecule has 4 rings (SSSR count). The lowest BCUT2D eigenvalue weighted by molar-refractivity contribution is 0.0695. The maximum Gasteiger partial charge on any atom is 0.336 e. The fourth-order valence-corrected chi connectivity index (χ4v) is 6.89. The summed E-state index contributed by atoms with van der Waals surface area (Å²) in [6.45, 7) is 0. The van der Waals surface area contributed by atoms with Gasteiger partial charge >= 0.3 is 5.97 Å². The molecule has 4 nitrogen and oxygen atoms in total. The quantitative estimate of drug-likeness (QED) is 0.334. The molecule has 6 heteroatoms. The van der Waals surface area contributed by atoms with Gasteiger partial charge in [-0.05, 0) is 66.1 Å². The van der Waals surface area contributed by atoms with Crippen molar-refractivity contribution in [2.45, 2.75) is 60.0 Å². The molecule has 0 aromatic heterocycles. The molecule has 0 saturated heterocycles. The molecule has 0 radical (unpaired) electrons. The maximum atomic E-state index is 13.1. The van der Waals surface area contributed by atoms with Gasteiger partial charge in [-0.15, -0.1) is 11.8 Å². The van der Waals surface area contributed by atoms with Crippen LogP contribution < -0.4 is 0 Å². The van der Waals surface area contributed by atoms with Crippen molar-refractivity contribution >= 4 is 27.6 Å². The van der Waals surface area contributed by atoms with E-state index < -0.39 is 15.8 Å². The Morgan fingerprint density at radius 2 is 1.62 bits per heavy atom. The molecule has 1 aliphatic carbocycles. The van der Waals surface area contributed by atoms with Crippen LogP contribution in [0.5, 0.6) is 0 Å². The molecule has 0 heterocycles. The Hall–Kier alpha value is -2.57. The highest BCUT2D eigenvalue weighted by molar-refractivity contribution is 7.99. The molecule has 0 bridgehead atoms. The largest absolute Gasteiger partial charge is 0.478 e. The van der Waals surface area contributed by atoms with Crippen LogP contribution in [-0.4, -0.2) is 25.2 Å². The second-order valence-corrected chi connectivity index (χ2v) is 12.0. The van der Waals surface area contributed by atoms with Gasteiger partial charge in [-0.3, -0.25) is 0 Å². The van der Waals surface area contributed by atoms with E-state index in [-0.39, 0.29) is 16.2 Å². The molecule has 1 fully saturated rings. The van der Waals surface area contributed by atoms with Gasteiger partial charge in [0.25, 0.3) is 0 Å². The molecule has 0 spiro atoms. The second-order valence-electron chi connectivity index (χ2n) is 8.87. The Bertz CT molecular complexity index is 1210. The van der Waals surface area contributed by atoms with Gasteiger partial charge in [-0.25, -0.2) is 13.2 Å². The number of sulfone groups is 1. The Kier molecular flexibility index (Phi) is 8.11. The first-order valence-corrected chi connectivity index (χ1v) is 14.4. The van der Waals surface area contributed by atoms with Crippen LogP contribution in [0, 0.1) is 0 Å². The van der Waals surface area contributed by atoms with Crippen LogP contribution in [0.2, 0.25) is 0 Å². The second kappa shape index (κ2) is 11.2. The van der Waals surface area contributed by atoms with Gasteiger partial charge in [-0.1, -0.05) is 67.8 Å². The van der Waals surface area contributed by atoms with Crippen molar-refractivity contribution in [3.05, 3.63) is 95.1 Å². The Morgan fingerprint density at radius 1 is 0.912 bits per heavy atom. The number of carbonyl (C=O) groups is 1. The van der Waals surface area contributed by atoms with Crippen LogP contribution in [0.3, 0.4) is 0 Å². The van der Waals surface area contributed by atoms with Crippen molar-refractivity contribution < 1.29 is 18.3 Å². The van der Waals surface area contributed by atoms with Gasteiger partial charge in [0, 0.05) is 10.6 Å². The minimum Gasteiger partial charge on any atom is -0.478 e. The predicted molar refractivity (Wildman–Crippen MR) is 137 cm³/mol. The minimum atomic E-state index is -3.65. The molecular formula is C28H30O4S2. The van der Waals surface area contributed by atoms with Crippen molar-refractivity contribution in [1.82, 2.24) is 0 Å². The predicted octanol–water partition coefficient (Wildman–Crippen LogP) is 6.74. The zero-order valence-electron chi connectivity index (χ0n) is 19.2. The fraction of sp³-hybridized carbons (Fsp3) is 0.321. The summed E-state index contributed by atoms with van der Waals surface area (Å²) in [6, 6.07) is 22.4. The summed E-state index contributed by atoms with van der Waals surface area (Å²) >= 11 is 1.57. The van der Waals surface area contributed by atoms with E-state index in [1.54, 1.807) is 36.0 Å². The van der Waals surface area contributed by atoms with Crippen molar-refractivity contribution in [2.24, 2.45) is 0 Å². The van der Waals surface area contributed by atoms with E-state index in [4.69, 9.17) is 0 Å². The number of thioether (sulfide) groups is 1. The standard InChI is InChI=1S/C28H30O4S2/c29-28(30)27-19-25(33-18-17-21-7-3-1-4-8-21)14-11-24(27)20-34(31,32)26-15-12-23(13-16-26)22-9-5-2-6-10-22/h1,3-4,7-8,11-16,19,22H,2,5-6,9-10,17-18,20H2,(H,29,30). The third-order valence-electron chi connectivity index (χ3n) is 6.48. The summed E-state index contributed by atoms with van der Waals surface area (Å²) in [5, 5.41) is 9.74. The molecule has 0 amide bonds. The van der Waals surface area contributed by atoms with Crippen LogP contribution in [0.15, 0.2) is 82.6 Å². The Balaban J connectivity index is 1.45. The summed E-state index contributed by atoms with van der Waals surface area (Å²) in [7, 11) is -3.65. The number of aromatic carboxylic acids is 1. The number of carboxylic acids is 1. The first-order valence-electron chi connectivity index (χ1n) is 11.8. The topological polar surface area (TPSA) is 71.4 Å². The van der Waals surface area contributed by atoms with E-state index in [1.807, 2.05) is 36.4 Å². The number of carboxylic acid groups (broad SMARTS) is 1. The molecule has 3 aromatic rings. The van der Waals surface area contributed by atoms with Crippen molar-refractivity contribution in [3.63, 3.8) is 0 Å². The van der Waals surface area contributed by atoms with Crippen molar-refractivity contribution in [3.8, 4) is 0 Å². The van der Waals surface area contributed by atoms with Gasteiger partial charge in [0.2, 0.25) is 0 Å². The number of rotatable bonds is 9.